The lowest BCUT2D eigenvalue weighted by Crippen LogP contribution is -2.15. The molecule has 0 aromatic heterocycles. The molecule has 178 valence electrons. The van der Waals surface area contributed by atoms with Crippen molar-refractivity contribution in [3.8, 4) is 0 Å². The Kier molecular flexibility index (Phi) is 7.26. The fourth-order valence-corrected chi connectivity index (χ4v) is 4.03. The molecule has 3 N–H and O–H groups in total. The van der Waals surface area contributed by atoms with E-state index in [9.17, 15) is 0 Å². The van der Waals surface area contributed by atoms with Crippen molar-refractivity contribution in [1.29, 1.82) is 0 Å². The van der Waals surface area contributed by atoms with Crippen LogP contribution in [-0.4, -0.2) is 0 Å². The molecule has 0 amide bonds. The smallest absolute Gasteiger partial charge is 0.134 e. The molecule has 1 aliphatic rings. The van der Waals surface area contributed by atoms with E-state index in [-0.39, 0.29) is 11.5 Å². The van der Waals surface area contributed by atoms with Crippen LogP contribution in [0.1, 0.15) is 49.1 Å². The lowest BCUT2D eigenvalue weighted by atomic mass is 9.86. The van der Waals surface area contributed by atoms with Crippen LogP contribution >= 0.6 is 0 Å². The van der Waals surface area contributed by atoms with Gasteiger partial charge in [-0.1, -0.05) is 75.9 Å². The molecule has 1 aliphatic heterocycles. The fourth-order valence-electron chi connectivity index (χ4n) is 4.03. The number of nitrogens with two attached hydrogens (primary N) is 1. The van der Waals surface area contributed by atoms with Crippen molar-refractivity contribution in [3.05, 3.63) is 138 Å². The molecule has 0 radical (unpaired) electrons. The van der Waals surface area contributed by atoms with Crippen molar-refractivity contribution in [2.45, 2.75) is 38.6 Å². The molecule has 0 saturated carbocycles. The van der Waals surface area contributed by atoms with Crippen LogP contribution in [-0.2, 0) is 16.6 Å². The fraction of sp³-hybridized carbons (Fsp3) is 0.188. The number of hydrogen-bond acceptors (Lipinski definition) is 3. The van der Waals surface area contributed by atoms with E-state index in [0.717, 1.165) is 34.7 Å². The molecule has 0 saturated heterocycles. The molecule has 0 spiro atoms. The molecule has 3 nitrogen and oxygen atoms in total. The molecule has 3 aromatic rings. The van der Waals surface area contributed by atoms with Crippen LogP contribution in [0.5, 0.6) is 0 Å². The van der Waals surface area contributed by atoms with Gasteiger partial charge in [-0.3, -0.25) is 0 Å². The quantitative estimate of drug-likeness (QED) is 0.365. The summed E-state index contributed by atoms with van der Waals surface area (Å²) in [6, 6.07) is 25.5. The van der Waals surface area contributed by atoms with Gasteiger partial charge in [-0.2, -0.15) is 0 Å². The third kappa shape index (κ3) is 6.54. The van der Waals surface area contributed by atoms with E-state index in [4.69, 9.17) is 10.5 Å². The summed E-state index contributed by atoms with van der Waals surface area (Å²) in [6.45, 7) is 10.8. The third-order valence-corrected chi connectivity index (χ3v) is 6.12. The summed E-state index contributed by atoms with van der Waals surface area (Å²) in [7, 11) is 0. The highest BCUT2D eigenvalue weighted by Crippen LogP contribution is 2.29. The molecule has 4 rings (SSSR count). The monoisotopic (exact) mass is 462 g/mol. The second kappa shape index (κ2) is 10.5. The van der Waals surface area contributed by atoms with Crippen molar-refractivity contribution >= 4 is 17.1 Å². The number of rotatable bonds is 6. The number of ether oxygens (including phenoxy) is 1. The standard InChI is InChI=1S/C32H34N2O/c1-23-7-5-6-20-35-31(21-23)26-12-18-29(19-13-26)34-30(22-24-8-16-28(33)17-9-24)25-10-14-27(15-11-25)32(2,3)4/h5-21,30,34H,1,22,33H2,2-4H3/b7-5-,20-6-,31-21-. The summed E-state index contributed by atoms with van der Waals surface area (Å²) in [5.41, 5.74) is 13.6. The number of benzene rings is 3. The topological polar surface area (TPSA) is 47.3 Å². The van der Waals surface area contributed by atoms with Crippen molar-refractivity contribution < 1.29 is 4.74 Å². The molecule has 0 aliphatic carbocycles. The minimum absolute atomic E-state index is 0.114. The number of allylic oxidation sites excluding steroid dienone is 5. The number of hydrogen-bond donors (Lipinski definition) is 2. The molecule has 1 unspecified atom stereocenters. The Morgan fingerprint density at radius 2 is 1.57 bits per heavy atom. The van der Waals surface area contributed by atoms with Gasteiger partial charge in [-0.15, -0.1) is 0 Å². The van der Waals surface area contributed by atoms with Crippen LogP contribution in [0.2, 0.25) is 0 Å². The molecule has 1 atom stereocenters. The molecule has 3 heteroatoms. The van der Waals surface area contributed by atoms with Crippen molar-refractivity contribution in [2.24, 2.45) is 0 Å². The van der Waals surface area contributed by atoms with Gasteiger partial charge in [-0.25, -0.2) is 0 Å². The van der Waals surface area contributed by atoms with Crippen LogP contribution in [0, 0.1) is 0 Å². The third-order valence-electron chi connectivity index (χ3n) is 6.12. The van der Waals surface area contributed by atoms with E-state index in [1.165, 1.54) is 16.7 Å². The van der Waals surface area contributed by atoms with Crippen molar-refractivity contribution in [3.63, 3.8) is 0 Å². The van der Waals surface area contributed by atoms with Gasteiger partial charge >= 0.3 is 0 Å². The zero-order chi connectivity index (χ0) is 24.8. The predicted octanol–water partition coefficient (Wildman–Crippen LogP) is 7.96. The minimum Gasteiger partial charge on any atom is -0.464 e. The highest BCUT2D eigenvalue weighted by Gasteiger charge is 2.17. The van der Waals surface area contributed by atoms with Crippen LogP contribution < -0.4 is 11.1 Å². The molecular formula is C32H34N2O. The summed E-state index contributed by atoms with van der Waals surface area (Å²) < 4.78 is 5.79. The predicted molar refractivity (Wildman–Crippen MR) is 149 cm³/mol. The van der Waals surface area contributed by atoms with Crippen molar-refractivity contribution in [2.75, 3.05) is 11.1 Å². The van der Waals surface area contributed by atoms with E-state index < -0.39 is 0 Å². The van der Waals surface area contributed by atoms with Crippen LogP contribution in [0.15, 0.2) is 116 Å². The van der Waals surface area contributed by atoms with Gasteiger partial charge in [0.1, 0.15) is 5.76 Å². The Morgan fingerprint density at radius 1 is 0.886 bits per heavy atom. The minimum atomic E-state index is 0.114. The van der Waals surface area contributed by atoms with Gasteiger partial charge in [0.15, 0.2) is 0 Å². The largest absolute Gasteiger partial charge is 0.464 e. The van der Waals surface area contributed by atoms with Crippen LogP contribution in [0.3, 0.4) is 0 Å². The number of nitrogen functional groups attached to an aromatic ring is 1. The Morgan fingerprint density at radius 3 is 2.23 bits per heavy atom. The molecular weight excluding hydrogens is 428 g/mol. The van der Waals surface area contributed by atoms with Gasteiger partial charge in [0.2, 0.25) is 0 Å². The second-order valence-electron chi connectivity index (χ2n) is 9.98. The Balaban J connectivity index is 1.58. The van der Waals surface area contributed by atoms with E-state index in [2.05, 4.69) is 93.3 Å². The molecule has 1 heterocycles. The Labute approximate surface area is 209 Å². The van der Waals surface area contributed by atoms with Crippen LogP contribution in [0.25, 0.3) is 5.76 Å². The van der Waals surface area contributed by atoms with E-state index in [0.29, 0.717) is 0 Å². The first-order chi connectivity index (χ1) is 16.8. The second-order valence-corrected chi connectivity index (χ2v) is 9.98. The van der Waals surface area contributed by atoms with Gasteiger partial charge in [0.05, 0.1) is 12.3 Å². The maximum absolute atomic E-state index is 5.91. The highest BCUT2D eigenvalue weighted by molar-refractivity contribution is 5.66. The summed E-state index contributed by atoms with van der Waals surface area (Å²) >= 11 is 0. The number of anilines is 2. The zero-order valence-corrected chi connectivity index (χ0v) is 20.8. The normalized spacial score (nSPS) is 17.8. The summed E-state index contributed by atoms with van der Waals surface area (Å²) in [4.78, 5) is 0. The lowest BCUT2D eigenvalue weighted by Gasteiger charge is -2.24. The Bertz CT molecular complexity index is 1240. The van der Waals surface area contributed by atoms with Crippen LogP contribution in [0.4, 0.5) is 11.4 Å². The average molecular weight is 463 g/mol. The van der Waals surface area contributed by atoms with E-state index in [1.807, 2.05) is 36.4 Å². The van der Waals surface area contributed by atoms with Gasteiger partial charge < -0.3 is 15.8 Å². The first-order valence-corrected chi connectivity index (χ1v) is 12.0. The zero-order valence-electron chi connectivity index (χ0n) is 20.8. The maximum atomic E-state index is 5.91. The van der Waals surface area contributed by atoms with E-state index >= 15 is 0 Å². The van der Waals surface area contributed by atoms with Gasteiger partial charge in [0, 0.05) is 16.9 Å². The highest BCUT2D eigenvalue weighted by atomic mass is 16.5. The summed E-state index contributed by atoms with van der Waals surface area (Å²) in [5, 5.41) is 3.74. The van der Waals surface area contributed by atoms with Gasteiger partial charge in [0.25, 0.3) is 0 Å². The first-order valence-electron chi connectivity index (χ1n) is 12.0. The first kappa shape index (κ1) is 24.2. The van der Waals surface area contributed by atoms with Crippen molar-refractivity contribution in [1.82, 2.24) is 0 Å². The molecule has 0 bridgehead atoms. The Hall–Kier alpha value is -3.98. The summed E-state index contributed by atoms with van der Waals surface area (Å²) in [6.07, 6.45) is 10.2. The maximum Gasteiger partial charge on any atom is 0.134 e. The average Bonchev–Trinajstić information content (AvgIpc) is 2.82. The van der Waals surface area contributed by atoms with E-state index in [1.54, 1.807) is 6.26 Å². The van der Waals surface area contributed by atoms with Gasteiger partial charge in [-0.05, 0) is 82.6 Å². The molecule has 35 heavy (non-hydrogen) atoms. The lowest BCUT2D eigenvalue weighted by molar-refractivity contribution is 0.436. The molecule has 0 fully saturated rings. The SMILES string of the molecule is C=C1/C=C\C=C/O/C(c2ccc(NC(Cc3ccc(N)cc3)c3ccc(C(C)(C)C)cc3)cc2)=C\1. The number of nitrogens with one attached hydrogen (secondary N) is 1. The molecule has 3 aromatic carbocycles. The summed E-state index contributed by atoms with van der Waals surface area (Å²) in [5.74, 6) is 0.776.